The highest BCUT2D eigenvalue weighted by Gasteiger charge is 2.26. The van der Waals surface area contributed by atoms with Crippen LogP contribution in [-0.2, 0) is 32.7 Å². The number of phosphoric ester groups is 1. The van der Waals surface area contributed by atoms with E-state index in [1.807, 2.05) is 0 Å². The molecule has 2 unspecified atom stereocenters. The van der Waals surface area contributed by atoms with Crippen molar-refractivity contribution in [1.82, 2.24) is 0 Å². The molecule has 2 atom stereocenters. The first-order valence-electron chi connectivity index (χ1n) is 30.3. The summed E-state index contributed by atoms with van der Waals surface area (Å²) >= 11 is 0. The summed E-state index contributed by atoms with van der Waals surface area (Å²) in [5, 5.41) is 0. The number of unbranched alkanes of at least 4 members (excludes halogenated alkanes) is 11. The van der Waals surface area contributed by atoms with E-state index in [0.29, 0.717) is 12.8 Å². The molecule has 3 N–H and O–H groups in total. The number of carbonyl (C=O) groups is 2. The third kappa shape index (κ3) is 62.2. The topological polar surface area (TPSA) is 134 Å². The van der Waals surface area contributed by atoms with Crippen LogP contribution in [0.4, 0.5) is 0 Å². The first-order chi connectivity index (χ1) is 38.8. The molecule has 0 fully saturated rings. The third-order valence-electron chi connectivity index (χ3n) is 11.8. The highest BCUT2D eigenvalue weighted by atomic mass is 31.2. The smallest absolute Gasteiger partial charge is 0.462 e. The van der Waals surface area contributed by atoms with E-state index in [0.717, 1.165) is 141 Å². The van der Waals surface area contributed by atoms with Gasteiger partial charge in [-0.25, -0.2) is 4.57 Å². The average Bonchev–Trinajstić information content (AvgIpc) is 3.44. The van der Waals surface area contributed by atoms with Crippen LogP contribution in [0.25, 0.3) is 0 Å². The van der Waals surface area contributed by atoms with Crippen molar-refractivity contribution in [3.8, 4) is 0 Å². The molecule has 0 aliphatic rings. The third-order valence-corrected chi connectivity index (χ3v) is 12.8. The Balaban J connectivity index is 4.12. The van der Waals surface area contributed by atoms with Crippen molar-refractivity contribution in [2.45, 2.75) is 213 Å². The summed E-state index contributed by atoms with van der Waals surface area (Å²) < 4.78 is 33.0. The lowest BCUT2D eigenvalue weighted by Crippen LogP contribution is -2.29. The fraction of sp³-hybridized carbons (Fsp3) is 0.536. The Morgan fingerprint density at radius 3 is 0.987 bits per heavy atom. The van der Waals surface area contributed by atoms with Crippen molar-refractivity contribution < 1.29 is 37.6 Å². The summed E-state index contributed by atoms with van der Waals surface area (Å²) in [6, 6.07) is 0. The normalized spacial score (nSPS) is 14.3. The van der Waals surface area contributed by atoms with Crippen LogP contribution in [-0.4, -0.2) is 49.3 Å². The second-order valence-corrected chi connectivity index (χ2v) is 20.6. The highest BCUT2D eigenvalue weighted by Crippen LogP contribution is 2.43. The van der Waals surface area contributed by atoms with Crippen molar-refractivity contribution in [2.75, 3.05) is 26.4 Å². The highest BCUT2D eigenvalue weighted by molar-refractivity contribution is 7.47. The lowest BCUT2D eigenvalue weighted by molar-refractivity contribution is -0.161. The van der Waals surface area contributed by atoms with E-state index in [1.165, 1.54) is 25.7 Å². The first-order valence-corrected chi connectivity index (χ1v) is 31.8. The van der Waals surface area contributed by atoms with Crippen molar-refractivity contribution in [1.29, 1.82) is 0 Å². The lowest BCUT2D eigenvalue weighted by atomic mass is 10.1. The van der Waals surface area contributed by atoms with Gasteiger partial charge in [-0.2, -0.15) is 0 Å². The average molecular weight is 1110 g/mol. The summed E-state index contributed by atoms with van der Waals surface area (Å²) in [6.07, 6.45) is 93.8. The Labute approximate surface area is 482 Å². The van der Waals surface area contributed by atoms with Gasteiger partial charge < -0.3 is 20.1 Å². The van der Waals surface area contributed by atoms with Gasteiger partial charge in [0.2, 0.25) is 0 Å². The van der Waals surface area contributed by atoms with Crippen LogP contribution < -0.4 is 5.73 Å². The maximum Gasteiger partial charge on any atom is 0.472 e. The van der Waals surface area contributed by atoms with Gasteiger partial charge in [0.1, 0.15) is 6.61 Å². The van der Waals surface area contributed by atoms with E-state index < -0.39 is 32.5 Å². The molecule has 0 aromatic carbocycles. The maximum atomic E-state index is 12.7. The number of esters is 2. The molecule has 0 heterocycles. The molecule has 0 aromatic heterocycles. The summed E-state index contributed by atoms with van der Waals surface area (Å²) in [5.74, 6) is -0.891. The lowest BCUT2D eigenvalue weighted by Gasteiger charge is -2.19. The van der Waals surface area contributed by atoms with E-state index >= 15 is 0 Å². The molecule has 0 saturated carbocycles. The molecule has 0 rings (SSSR count). The largest absolute Gasteiger partial charge is 0.472 e. The number of carbonyl (C=O) groups excluding carboxylic acids is 2. The van der Waals surface area contributed by atoms with Crippen LogP contribution in [0.15, 0.2) is 182 Å². The Morgan fingerprint density at radius 1 is 0.380 bits per heavy atom. The van der Waals surface area contributed by atoms with Gasteiger partial charge in [-0.3, -0.25) is 18.6 Å². The second kappa shape index (κ2) is 62.3. The minimum absolute atomic E-state index is 0.0359. The number of hydrogen-bond acceptors (Lipinski definition) is 8. The number of rotatable bonds is 54. The fourth-order valence-corrected chi connectivity index (χ4v) is 8.16. The summed E-state index contributed by atoms with van der Waals surface area (Å²) in [6.45, 7) is 3.44. The van der Waals surface area contributed by atoms with Crippen molar-refractivity contribution >= 4 is 19.8 Å². The Hall–Kier alpha value is -4.89. The zero-order valence-electron chi connectivity index (χ0n) is 49.3. The van der Waals surface area contributed by atoms with Crippen molar-refractivity contribution in [2.24, 2.45) is 5.73 Å². The first kappa shape index (κ1) is 74.1. The van der Waals surface area contributed by atoms with Gasteiger partial charge in [0.25, 0.3) is 0 Å². The number of phosphoric acid groups is 1. The van der Waals surface area contributed by atoms with Crippen LogP contribution >= 0.6 is 7.82 Å². The number of allylic oxidation sites excluding steroid dienone is 30. The molecular weight excluding hydrogens is 1000 g/mol. The molecule has 0 aliphatic heterocycles. The minimum Gasteiger partial charge on any atom is -0.462 e. The maximum absolute atomic E-state index is 12.7. The Morgan fingerprint density at radius 2 is 0.658 bits per heavy atom. The van der Waals surface area contributed by atoms with E-state index in [2.05, 4.69) is 196 Å². The van der Waals surface area contributed by atoms with Crippen molar-refractivity contribution in [3.05, 3.63) is 182 Å². The summed E-state index contributed by atoms with van der Waals surface area (Å²) in [4.78, 5) is 35.2. The molecule has 9 nitrogen and oxygen atoms in total. The van der Waals surface area contributed by atoms with Crippen LogP contribution in [0, 0.1) is 0 Å². The molecule has 0 bridgehead atoms. The zero-order chi connectivity index (χ0) is 57.3. The molecule has 0 spiro atoms. The van der Waals surface area contributed by atoms with Gasteiger partial charge in [-0.05, 0) is 135 Å². The van der Waals surface area contributed by atoms with Gasteiger partial charge in [-0.15, -0.1) is 0 Å². The molecule has 10 heteroatoms. The molecule has 0 saturated heterocycles. The fourth-order valence-electron chi connectivity index (χ4n) is 7.39. The quantitative estimate of drug-likeness (QED) is 0.0264. The van der Waals surface area contributed by atoms with Crippen LogP contribution in [0.1, 0.15) is 206 Å². The number of ether oxygens (including phenoxy) is 2. The number of hydrogen-bond donors (Lipinski definition) is 2. The predicted octanol–water partition coefficient (Wildman–Crippen LogP) is 19.6. The monoisotopic (exact) mass is 1110 g/mol. The van der Waals surface area contributed by atoms with Crippen LogP contribution in [0.3, 0.4) is 0 Å². The van der Waals surface area contributed by atoms with Gasteiger partial charge in [0.05, 0.1) is 13.2 Å². The van der Waals surface area contributed by atoms with E-state index in [-0.39, 0.29) is 32.6 Å². The number of nitrogens with two attached hydrogens (primary N) is 1. The van der Waals surface area contributed by atoms with Crippen LogP contribution in [0.5, 0.6) is 0 Å². The molecule has 0 radical (unpaired) electrons. The minimum atomic E-state index is -4.42. The molecule has 0 aromatic rings. The standard InChI is InChI=1S/C69H108NO8P/c1-3-5-7-9-11-13-15-17-19-21-23-25-26-27-28-29-30-31-32-33-34-35-36-37-38-39-40-42-44-46-48-50-52-54-56-58-60-62-69(72)78-67(66-77-79(73,74)76-64-63-70)65-75-68(71)61-59-57-55-53-51-49-47-45-43-41-24-22-20-18-16-14-12-10-8-6-4-2/h5-8,11-14,17-20,23-25,27-28,30-31,33-34,36-37,39-41,44,46,50,52,67H,3-4,9-10,15-16,21-22,26,29,32,35,38,42-43,45,47-49,51,53-66,70H2,1-2H3,(H,73,74)/b7-5-,8-6-,13-11-,14-12-,19-17-,20-18-,25-23-,28-27-,31-30-,34-33-,37-36-,40-39-,41-24-,46-44-,52-50-. The van der Waals surface area contributed by atoms with Gasteiger partial charge >= 0.3 is 19.8 Å². The van der Waals surface area contributed by atoms with Gasteiger partial charge in [-0.1, -0.05) is 241 Å². The SMILES string of the molecule is CC/C=C\C/C=C\C/C=C\C/C=C\C/C=C\C/C=C\C/C=C\C/C=C\C/C=C\C/C=C\C/C=C\CCCCCC(=O)OC(COC(=O)CCCCCCCCCC/C=C\C/C=C\C/C=C\C/C=C\CC)COP(=O)(O)OCCN. The summed E-state index contributed by atoms with van der Waals surface area (Å²) in [7, 11) is -4.42. The van der Waals surface area contributed by atoms with E-state index in [4.69, 9.17) is 24.3 Å². The molecule has 0 aliphatic carbocycles. The summed E-state index contributed by atoms with van der Waals surface area (Å²) in [5.41, 5.74) is 5.38. The zero-order valence-corrected chi connectivity index (χ0v) is 50.2. The van der Waals surface area contributed by atoms with Crippen LogP contribution in [0.2, 0.25) is 0 Å². The second-order valence-electron chi connectivity index (χ2n) is 19.1. The van der Waals surface area contributed by atoms with Gasteiger partial charge in [0, 0.05) is 19.4 Å². The van der Waals surface area contributed by atoms with Crippen molar-refractivity contribution in [3.63, 3.8) is 0 Å². The molecule has 0 amide bonds. The predicted molar refractivity (Wildman–Crippen MR) is 339 cm³/mol. The Bertz CT molecular complexity index is 1940. The van der Waals surface area contributed by atoms with Gasteiger partial charge in [0.15, 0.2) is 6.10 Å². The molecule has 442 valence electrons. The molecular formula is C69H108NO8P. The molecule has 79 heavy (non-hydrogen) atoms. The van der Waals surface area contributed by atoms with E-state index in [1.54, 1.807) is 0 Å². The Kier molecular flexibility index (Phi) is 58.5. The van der Waals surface area contributed by atoms with E-state index in [9.17, 15) is 19.0 Å².